The number of Topliss-reactive ketones (excluding diaryl/α,β-unsaturated/α-hetero) is 1. The van der Waals surface area contributed by atoms with Crippen molar-refractivity contribution in [1.29, 1.82) is 0 Å². The summed E-state index contributed by atoms with van der Waals surface area (Å²) in [5, 5.41) is 4.66. The quantitative estimate of drug-likeness (QED) is 0.156. The Hall–Kier alpha value is -3.72. The fourth-order valence-electron chi connectivity index (χ4n) is 6.89. The normalized spacial score (nSPS) is 16.3. The second kappa shape index (κ2) is 16.6. The molecule has 4 rings (SSSR count). The van der Waals surface area contributed by atoms with E-state index in [4.69, 9.17) is 4.74 Å². The topological polar surface area (TPSA) is 81.5 Å². The zero-order valence-electron chi connectivity index (χ0n) is 29.6. The number of carbonyl (C=O) groups excluding carboxylic acids is 2. The largest absolute Gasteiger partial charge is 0.466 e. The molecular formula is C39H51F2N3O4. The average Bonchev–Trinajstić information content (AvgIpc) is 3.45. The third kappa shape index (κ3) is 9.24. The Balaban J connectivity index is 1.65. The number of ether oxygens (including phenoxy) is 1. The Kier molecular flexibility index (Phi) is 12.8. The van der Waals surface area contributed by atoms with Crippen LogP contribution in [0.2, 0.25) is 0 Å². The summed E-state index contributed by atoms with van der Waals surface area (Å²) >= 11 is 0. The van der Waals surface area contributed by atoms with Crippen LogP contribution in [-0.4, -0.2) is 58.8 Å². The van der Waals surface area contributed by atoms with Gasteiger partial charge in [-0.05, 0) is 117 Å². The molecule has 2 heterocycles. The first-order valence-electron chi connectivity index (χ1n) is 17.3. The van der Waals surface area contributed by atoms with E-state index >= 15 is 4.39 Å². The highest BCUT2D eigenvalue weighted by atomic mass is 19.1. The summed E-state index contributed by atoms with van der Waals surface area (Å²) in [7, 11) is 0. The maximum Gasteiger partial charge on any atom is 0.306 e. The van der Waals surface area contributed by atoms with Crippen LogP contribution >= 0.6 is 0 Å². The first-order chi connectivity index (χ1) is 22.8. The van der Waals surface area contributed by atoms with Gasteiger partial charge in [-0.25, -0.2) is 13.5 Å². The molecule has 48 heavy (non-hydrogen) atoms. The predicted molar refractivity (Wildman–Crippen MR) is 186 cm³/mol. The number of aryl methyl sites for hydroxylation is 4. The van der Waals surface area contributed by atoms with Crippen molar-refractivity contribution in [2.75, 3.05) is 26.2 Å². The van der Waals surface area contributed by atoms with E-state index in [0.717, 1.165) is 22.3 Å². The van der Waals surface area contributed by atoms with E-state index in [1.165, 1.54) is 4.68 Å². The first-order valence-corrected chi connectivity index (χ1v) is 17.3. The molecule has 1 aliphatic rings. The second-order valence-corrected chi connectivity index (χ2v) is 13.8. The van der Waals surface area contributed by atoms with Gasteiger partial charge >= 0.3 is 5.97 Å². The number of alkyl halides is 1. The molecule has 0 saturated carbocycles. The highest BCUT2D eigenvalue weighted by molar-refractivity contribution is 5.82. The van der Waals surface area contributed by atoms with Gasteiger partial charge in [-0.2, -0.15) is 5.10 Å². The lowest BCUT2D eigenvalue weighted by Crippen LogP contribution is -2.35. The van der Waals surface area contributed by atoms with Gasteiger partial charge in [0.25, 0.3) is 5.56 Å². The van der Waals surface area contributed by atoms with Crippen molar-refractivity contribution in [2.45, 2.75) is 105 Å². The van der Waals surface area contributed by atoms with E-state index in [1.807, 2.05) is 62.9 Å². The van der Waals surface area contributed by atoms with Gasteiger partial charge in [-0.1, -0.05) is 32.0 Å². The minimum absolute atomic E-state index is 0.0244. The standard InChI is InChI=1S/C39H51F2N3O4/c1-8-48-36(46)22-29(33-21-30(19-27(6)38(33)41)37-25(4)10-9-11-26(37)5)12-13-35(45)34(18-24(2)3)44-39(47)28(7)20-32(42-44)15-17-43-16-14-31(40)23-43/h9-11,19-21,24,29,31,34H,8,12-18,22-23H2,1-7H3/t29-,31+,34-/m0/s1. The number of ketones is 1. The van der Waals surface area contributed by atoms with Crippen LogP contribution in [0.15, 0.2) is 41.2 Å². The zero-order valence-corrected chi connectivity index (χ0v) is 29.6. The fraction of sp³-hybridized carbons (Fsp3) is 0.538. The molecule has 0 N–H and O–H groups in total. The van der Waals surface area contributed by atoms with Crippen LogP contribution in [0.4, 0.5) is 8.78 Å². The van der Waals surface area contributed by atoms with E-state index in [9.17, 15) is 18.8 Å². The lowest BCUT2D eigenvalue weighted by atomic mass is 9.84. The molecule has 0 unspecified atom stereocenters. The predicted octanol–water partition coefficient (Wildman–Crippen LogP) is 7.54. The molecule has 260 valence electrons. The summed E-state index contributed by atoms with van der Waals surface area (Å²) in [6.07, 6.45) is 0.789. The molecule has 0 radical (unpaired) electrons. The molecule has 2 aromatic carbocycles. The average molecular weight is 664 g/mol. The molecule has 9 heteroatoms. The number of hydrogen-bond donors (Lipinski definition) is 0. The summed E-state index contributed by atoms with van der Waals surface area (Å²) in [4.78, 5) is 42.4. The Bertz CT molecular complexity index is 1650. The molecule has 0 spiro atoms. The van der Waals surface area contributed by atoms with Crippen molar-refractivity contribution in [2.24, 2.45) is 5.92 Å². The fourth-order valence-corrected chi connectivity index (χ4v) is 6.89. The maximum atomic E-state index is 15.9. The molecule has 1 aliphatic heterocycles. The number of carbonyl (C=O) groups is 2. The molecule has 1 saturated heterocycles. The van der Waals surface area contributed by atoms with E-state index in [2.05, 4.69) is 5.10 Å². The van der Waals surface area contributed by atoms with E-state index in [0.29, 0.717) is 61.3 Å². The van der Waals surface area contributed by atoms with E-state index in [-0.39, 0.29) is 43.1 Å². The van der Waals surface area contributed by atoms with Gasteiger partial charge in [0, 0.05) is 38.0 Å². The van der Waals surface area contributed by atoms with Crippen LogP contribution < -0.4 is 5.56 Å². The number of rotatable bonds is 15. The van der Waals surface area contributed by atoms with Crippen molar-refractivity contribution in [3.8, 4) is 11.1 Å². The van der Waals surface area contributed by atoms with Crippen LogP contribution in [0.5, 0.6) is 0 Å². The number of hydrogen-bond acceptors (Lipinski definition) is 6. The van der Waals surface area contributed by atoms with Crippen molar-refractivity contribution < 1.29 is 23.1 Å². The van der Waals surface area contributed by atoms with Gasteiger partial charge in [0.05, 0.1) is 18.7 Å². The molecule has 3 aromatic rings. The lowest BCUT2D eigenvalue weighted by molar-refractivity contribution is -0.143. The number of benzene rings is 2. The van der Waals surface area contributed by atoms with Crippen LogP contribution in [0.3, 0.4) is 0 Å². The number of halogens is 2. The van der Waals surface area contributed by atoms with Crippen molar-refractivity contribution in [3.63, 3.8) is 0 Å². The van der Waals surface area contributed by atoms with Crippen LogP contribution in [0.1, 0.15) is 98.3 Å². The molecule has 1 fully saturated rings. The van der Waals surface area contributed by atoms with Crippen molar-refractivity contribution >= 4 is 11.8 Å². The molecule has 0 amide bonds. The second-order valence-electron chi connectivity index (χ2n) is 13.8. The Morgan fingerprint density at radius 3 is 2.38 bits per heavy atom. The molecule has 0 aliphatic carbocycles. The SMILES string of the molecule is CCOC(=O)C[C@H](CCC(=O)[C@H](CC(C)C)n1nc(CCN2CC[C@@H](F)C2)cc(C)c1=O)c1cc(-c2c(C)cccc2C)cc(C)c1F. The maximum absolute atomic E-state index is 15.9. The summed E-state index contributed by atoms with van der Waals surface area (Å²) in [6.45, 7) is 15.1. The van der Waals surface area contributed by atoms with Gasteiger partial charge in [0.2, 0.25) is 0 Å². The highest BCUT2D eigenvalue weighted by Gasteiger charge is 2.29. The highest BCUT2D eigenvalue weighted by Crippen LogP contribution is 2.36. The summed E-state index contributed by atoms with van der Waals surface area (Å²) in [5.41, 5.74) is 5.67. The van der Waals surface area contributed by atoms with E-state index in [1.54, 1.807) is 26.8 Å². The van der Waals surface area contributed by atoms with Gasteiger partial charge in [-0.15, -0.1) is 0 Å². The monoisotopic (exact) mass is 663 g/mol. The van der Waals surface area contributed by atoms with Crippen LogP contribution in [-0.2, 0) is 20.7 Å². The third-order valence-electron chi connectivity index (χ3n) is 9.38. The molecule has 1 aromatic heterocycles. The minimum atomic E-state index is -0.819. The molecule has 0 bridgehead atoms. The van der Waals surface area contributed by atoms with Crippen molar-refractivity contribution in [3.05, 3.63) is 86.1 Å². The summed E-state index contributed by atoms with van der Waals surface area (Å²) < 4.78 is 36.3. The van der Waals surface area contributed by atoms with E-state index < -0.39 is 29.9 Å². The number of likely N-dealkylation sites (tertiary alicyclic amines) is 1. The van der Waals surface area contributed by atoms with Gasteiger partial charge in [-0.3, -0.25) is 19.3 Å². The first kappa shape index (κ1) is 37.1. The Labute approximate surface area is 283 Å². The van der Waals surface area contributed by atoms with Crippen molar-refractivity contribution in [1.82, 2.24) is 14.7 Å². The molecule has 7 nitrogen and oxygen atoms in total. The van der Waals surface area contributed by atoms with Crippen LogP contribution in [0, 0.1) is 39.4 Å². The molecule has 3 atom stereocenters. The number of aromatic nitrogens is 2. The Morgan fingerprint density at radius 2 is 1.75 bits per heavy atom. The molecular weight excluding hydrogens is 612 g/mol. The zero-order chi connectivity index (χ0) is 35.1. The van der Waals surface area contributed by atoms with Gasteiger partial charge in [0.15, 0.2) is 5.78 Å². The third-order valence-corrected chi connectivity index (χ3v) is 9.38. The minimum Gasteiger partial charge on any atom is -0.466 e. The number of nitrogens with zero attached hydrogens (tertiary/aromatic N) is 3. The van der Waals surface area contributed by atoms with Gasteiger partial charge in [0.1, 0.15) is 18.0 Å². The smallest absolute Gasteiger partial charge is 0.306 e. The lowest BCUT2D eigenvalue weighted by Gasteiger charge is -2.24. The Morgan fingerprint density at radius 1 is 1.04 bits per heavy atom. The number of esters is 1. The van der Waals surface area contributed by atoms with Crippen LogP contribution in [0.25, 0.3) is 11.1 Å². The summed E-state index contributed by atoms with van der Waals surface area (Å²) in [5.74, 6) is -1.57. The summed E-state index contributed by atoms with van der Waals surface area (Å²) in [6, 6.07) is 10.6. The van der Waals surface area contributed by atoms with Gasteiger partial charge < -0.3 is 4.74 Å².